The summed E-state index contributed by atoms with van der Waals surface area (Å²) in [5.41, 5.74) is 4.09. The van der Waals surface area contributed by atoms with E-state index in [-0.39, 0.29) is 26.8 Å². The van der Waals surface area contributed by atoms with Crippen LogP contribution in [0.4, 0.5) is 0 Å². The minimum absolute atomic E-state index is 0.217. The van der Waals surface area contributed by atoms with Crippen molar-refractivity contribution in [3.05, 3.63) is 156 Å². The Morgan fingerprint density at radius 1 is 0.491 bits per heavy atom. The smallest absolute Gasteiger partial charge is 0.335 e. The van der Waals surface area contributed by atoms with Gasteiger partial charge in [-0.25, -0.2) is 19.2 Å². The highest BCUT2D eigenvalue weighted by atomic mass is 16.7. The number of esters is 4. The molecular weight excluding hydrogens is 704 g/mol. The molecule has 0 radical (unpaired) electrons. The van der Waals surface area contributed by atoms with Crippen LogP contribution in [-0.4, -0.2) is 50.7 Å². The Bertz CT molecular complexity index is 1830. The molecule has 0 amide bonds. The van der Waals surface area contributed by atoms with Gasteiger partial charge in [0.25, 0.3) is 0 Å². The number of carbonyl (C=O) groups excluding carboxylic acids is 4. The Hall–Kier alpha value is -6.88. The van der Waals surface area contributed by atoms with Gasteiger partial charge in [0.15, 0.2) is 0 Å². The van der Waals surface area contributed by atoms with Crippen LogP contribution in [0.3, 0.4) is 0 Å². The third-order valence-electron chi connectivity index (χ3n) is 7.46. The molecule has 11 nitrogen and oxygen atoms in total. The molecule has 55 heavy (non-hydrogen) atoms. The van der Waals surface area contributed by atoms with Crippen molar-refractivity contribution >= 4 is 36.0 Å². The monoisotopic (exact) mass is 746 g/mol. The predicted molar refractivity (Wildman–Crippen MR) is 206 cm³/mol. The molecule has 0 aromatic heterocycles. The third kappa shape index (κ3) is 15.3. The van der Waals surface area contributed by atoms with Crippen molar-refractivity contribution < 1.29 is 52.3 Å². The van der Waals surface area contributed by atoms with Crippen LogP contribution in [0.15, 0.2) is 134 Å². The van der Waals surface area contributed by atoms with Gasteiger partial charge in [-0.05, 0) is 96.8 Å². The summed E-state index contributed by atoms with van der Waals surface area (Å²) in [7, 11) is 0. The van der Waals surface area contributed by atoms with Crippen molar-refractivity contribution in [2.45, 2.75) is 26.7 Å². The molecule has 0 fully saturated rings. The van der Waals surface area contributed by atoms with E-state index < -0.39 is 23.9 Å². The zero-order chi connectivity index (χ0) is 39.4. The van der Waals surface area contributed by atoms with Crippen LogP contribution in [0.1, 0.15) is 36.1 Å². The number of rotatable bonds is 20. The topological polar surface area (TPSA) is 133 Å². The Balaban J connectivity index is 1.09. The van der Waals surface area contributed by atoms with Gasteiger partial charge in [-0.3, -0.25) is 0 Å². The van der Waals surface area contributed by atoms with E-state index in [1.807, 2.05) is 48.5 Å². The second-order valence-corrected chi connectivity index (χ2v) is 12.0. The van der Waals surface area contributed by atoms with E-state index >= 15 is 0 Å². The van der Waals surface area contributed by atoms with E-state index in [0.717, 1.165) is 22.3 Å². The quantitative estimate of drug-likeness (QED) is 0.0377. The SMILES string of the molecule is C=C(C)C(=O)OCOc1ccc(/C=C/C(=O)OCCc2ccc(Oc3ccc(CCOC(=O)/C=C/c4ccc(OCOC(=O)C(=C)C)cc4)cc3)cc2)cc1. The zero-order valence-electron chi connectivity index (χ0n) is 30.7. The Kier molecular flexibility index (Phi) is 16.1. The molecule has 0 saturated carbocycles. The first-order chi connectivity index (χ1) is 26.5. The van der Waals surface area contributed by atoms with E-state index in [4.69, 9.17) is 33.2 Å². The van der Waals surface area contributed by atoms with E-state index in [9.17, 15) is 19.2 Å². The molecule has 4 aromatic rings. The Morgan fingerprint density at radius 3 is 1.18 bits per heavy atom. The molecule has 0 N–H and O–H groups in total. The molecule has 0 aliphatic rings. The highest BCUT2D eigenvalue weighted by Gasteiger charge is 2.06. The van der Waals surface area contributed by atoms with Crippen LogP contribution in [0, 0.1) is 0 Å². The molecule has 11 heteroatoms. The molecule has 0 saturated heterocycles. The highest BCUT2D eigenvalue weighted by molar-refractivity contribution is 5.88. The molecule has 4 aromatic carbocycles. The molecule has 0 heterocycles. The van der Waals surface area contributed by atoms with Gasteiger partial charge < -0.3 is 33.2 Å². The summed E-state index contributed by atoms with van der Waals surface area (Å²) in [6.45, 7) is 10.1. The van der Waals surface area contributed by atoms with Gasteiger partial charge in [0.2, 0.25) is 13.6 Å². The number of ether oxygens (including phenoxy) is 7. The average Bonchev–Trinajstić information content (AvgIpc) is 3.18. The lowest BCUT2D eigenvalue weighted by Crippen LogP contribution is -2.10. The van der Waals surface area contributed by atoms with E-state index in [1.54, 1.807) is 74.5 Å². The van der Waals surface area contributed by atoms with E-state index in [2.05, 4.69) is 13.2 Å². The lowest BCUT2D eigenvalue weighted by atomic mass is 10.1. The van der Waals surface area contributed by atoms with Crippen molar-refractivity contribution in [2.75, 3.05) is 26.8 Å². The second kappa shape index (κ2) is 21.6. The van der Waals surface area contributed by atoms with Crippen LogP contribution in [0.5, 0.6) is 23.0 Å². The summed E-state index contributed by atoms with van der Waals surface area (Å²) in [6.07, 6.45) is 7.06. The molecule has 0 spiro atoms. The van der Waals surface area contributed by atoms with Gasteiger partial charge in [-0.15, -0.1) is 0 Å². The van der Waals surface area contributed by atoms with Crippen molar-refractivity contribution in [3.63, 3.8) is 0 Å². The van der Waals surface area contributed by atoms with Crippen molar-refractivity contribution in [1.29, 1.82) is 0 Å². The van der Waals surface area contributed by atoms with Gasteiger partial charge in [0, 0.05) is 36.1 Å². The number of hydrogen-bond acceptors (Lipinski definition) is 11. The van der Waals surface area contributed by atoms with Gasteiger partial charge in [-0.1, -0.05) is 61.7 Å². The minimum atomic E-state index is -0.525. The van der Waals surface area contributed by atoms with Crippen molar-refractivity contribution in [3.8, 4) is 23.0 Å². The molecule has 284 valence electrons. The van der Waals surface area contributed by atoms with Crippen molar-refractivity contribution in [1.82, 2.24) is 0 Å². The standard InChI is InChI=1S/C44H42O11/c1-31(2)43(47)53-29-51-37-15-5-33(6-16-37)13-23-41(45)49-27-25-35-9-19-39(20-10-35)55-40-21-11-36(12-22-40)26-28-50-42(46)24-14-34-7-17-38(18-8-34)52-30-54-44(48)32(3)4/h5-24H,1,3,25-30H2,2,4H3/b23-13+,24-14+. The number of benzene rings is 4. The maximum Gasteiger partial charge on any atom is 0.335 e. The summed E-state index contributed by atoms with van der Waals surface area (Å²) >= 11 is 0. The van der Waals surface area contributed by atoms with Gasteiger partial charge >= 0.3 is 23.9 Å². The molecule has 0 bridgehead atoms. The van der Waals surface area contributed by atoms with Crippen LogP contribution in [0.25, 0.3) is 12.2 Å². The molecule has 0 aliphatic carbocycles. The normalized spacial score (nSPS) is 10.7. The highest BCUT2D eigenvalue weighted by Crippen LogP contribution is 2.23. The van der Waals surface area contributed by atoms with Crippen molar-refractivity contribution in [2.24, 2.45) is 0 Å². The summed E-state index contributed by atoms with van der Waals surface area (Å²) in [5.74, 6) is 0.375. The van der Waals surface area contributed by atoms with Crippen LogP contribution in [-0.2, 0) is 51.0 Å². The maximum atomic E-state index is 12.2. The summed E-state index contributed by atoms with van der Waals surface area (Å²) in [5, 5.41) is 0. The molecule has 0 aliphatic heterocycles. The zero-order valence-corrected chi connectivity index (χ0v) is 30.7. The Morgan fingerprint density at radius 2 is 0.836 bits per heavy atom. The first-order valence-electron chi connectivity index (χ1n) is 17.2. The van der Waals surface area contributed by atoms with Gasteiger partial charge in [0.05, 0.1) is 13.2 Å². The third-order valence-corrected chi connectivity index (χ3v) is 7.46. The fourth-order valence-corrected chi connectivity index (χ4v) is 4.45. The largest absolute Gasteiger partial charge is 0.462 e. The average molecular weight is 747 g/mol. The van der Waals surface area contributed by atoms with Crippen LogP contribution in [0.2, 0.25) is 0 Å². The van der Waals surface area contributed by atoms with Gasteiger partial charge in [-0.2, -0.15) is 0 Å². The Labute approximate surface area is 320 Å². The first-order valence-corrected chi connectivity index (χ1v) is 17.2. The fourth-order valence-electron chi connectivity index (χ4n) is 4.45. The lowest BCUT2D eigenvalue weighted by molar-refractivity contribution is -0.146. The van der Waals surface area contributed by atoms with E-state index in [1.165, 1.54) is 12.2 Å². The molecule has 0 atom stereocenters. The predicted octanol–water partition coefficient (Wildman–Crippen LogP) is 7.99. The minimum Gasteiger partial charge on any atom is -0.462 e. The van der Waals surface area contributed by atoms with E-state index in [0.29, 0.717) is 47.0 Å². The summed E-state index contributed by atoms with van der Waals surface area (Å²) < 4.78 is 37.1. The maximum absolute atomic E-state index is 12.2. The van der Waals surface area contributed by atoms with Crippen LogP contribution < -0.4 is 14.2 Å². The fraction of sp³-hybridized carbons (Fsp3) is 0.182. The first kappa shape index (κ1) is 40.9. The van der Waals surface area contributed by atoms with Crippen LogP contribution >= 0.6 is 0 Å². The second-order valence-electron chi connectivity index (χ2n) is 12.0. The molecular formula is C44H42O11. The van der Waals surface area contributed by atoms with Gasteiger partial charge in [0.1, 0.15) is 23.0 Å². The summed E-state index contributed by atoms with van der Waals surface area (Å²) in [6, 6.07) is 28.9. The number of hydrogen-bond donors (Lipinski definition) is 0. The summed E-state index contributed by atoms with van der Waals surface area (Å²) in [4.78, 5) is 47.2. The lowest BCUT2D eigenvalue weighted by Gasteiger charge is -2.08. The molecule has 4 rings (SSSR count). The molecule has 0 unspecified atom stereocenters. The number of carbonyl (C=O) groups is 4.